The molecule has 100 valence electrons. The molecule has 1 aliphatic heterocycles. The van der Waals surface area contributed by atoms with Gasteiger partial charge in [-0.2, -0.15) is 0 Å². The van der Waals surface area contributed by atoms with Gasteiger partial charge in [-0.05, 0) is 30.3 Å². The Morgan fingerprint density at radius 2 is 1.80 bits per heavy atom. The lowest BCUT2D eigenvalue weighted by Gasteiger charge is -2.02. The van der Waals surface area contributed by atoms with Crippen molar-refractivity contribution in [1.29, 1.82) is 0 Å². The molecule has 3 N–H and O–H groups in total. The molecular formula is C15H10O5. The minimum atomic E-state index is -0.372. The molecule has 20 heavy (non-hydrogen) atoms. The van der Waals surface area contributed by atoms with Gasteiger partial charge in [0.15, 0.2) is 17.3 Å². The maximum Gasteiger partial charge on any atom is 0.232 e. The number of rotatable bonds is 1. The molecule has 0 amide bonds. The van der Waals surface area contributed by atoms with E-state index in [1.165, 1.54) is 24.3 Å². The van der Waals surface area contributed by atoms with Crippen LogP contribution in [0.2, 0.25) is 0 Å². The van der Waals surface area contributed by atoms with E-state index in [2.05, 4.69) is 0 Å². The number of hydrogen-bond donors (Lipinski definition) is 3. The predicted octanol–water partition coefficient (Wildman–Crippen LogP) is 2.42. The zero-order chi connectivity index (χ0) is 14.3. The fourth-order valence-electron chi connectivity index (χ4n) is 1.99. The van der Waals surface area contributed by atoms with Crippen molar-refractivity contribution in [2.75, 3.05) is 0 Å². The van der Waals surface area contributed by atoms with E-state index in [0.29, 0.717) is 5.56 Å². The number of ether oxygens (including phenoxy) is 1. The van der Waals surface area contributed by atoms with E-state index in [0.717, 1.165) is 6.07 Å². The van der Waals surface area contributed by atoms with Gasteiger partial charge in [-0.1, -0.05) is 6.07 Å². The standard InChI is InChI=1S/C15H10O5/c16-9-5-4-8(12(18)7-9)6-13-14(19)10-2-1-3-11(17)15(10)20-13/h1-7,16-18H/b13-6-. The van der Waals surface area contributed by atoms with E-state index in [1.54, 1.807) is 12.1 Å². The smallest absolute Gasteiger partial charge is 0.232 e. The van der Waals surface area contributed by atoms with Gasteiger partial charge >= 0.3 is 0 Å². The Balaban J connectivity index is 2.04. The summed E-state index contributed by atoms with van der Waals surface area (Å²) in [4.78, 5) is 12.1. The number of para-hydroxylation sites is 1. The summed E-state index contributed by atoms with van der Waals surface area (Å²) in [5.74, 6) is -0.625. The van der Waals surface area contributed by atoms with Gasteiger partial charge in [0.05, 0.1) is 5.56 Å². The summed E-state index contributed by atoms with van der Waals surface area (Å²) in [6.45, 7) is 0. The van der Waals surface area contributed by atoms with Crippen LogP contribution >= 0.6 is 0 Å². The molecule has 0 unspecified atom stereocenters. The number of aromatic hydroxyl groups is 3. The quantitative estimate of drug-likeness (QED) is 0.693. The van der Waals surface area contributed by atoms with Crippen molar-refractivity contribution in [3.63, 3.8) is 0 Å². The van der Waals surface area contributed by atoms with Crippen molar-refractivity contribution >= 4 is 11.9 Å². The van der Waals surface area contributed by atoms with Crippen molar-refractivity contribution < 1.29 is 24.9 Å². The molecular weight excluding hydrogens is 260 g/mol. The molecule has 1 heterocycles. The lowest BCUT2D eigenvalue weighted by Crippen LogP contribution is -1.98. The lowest BCUT2D eigenvalue weighted by molar-refractivity contribution is 0.101. The van der Waals surface area contributed by atoms with E-state index < -0.39 is 0 Å². The van der Waals surface area contributed by atoms with Gasteiger partial charge in [-0.3, -0.25) is 4.79 Å². The van der Waals surface area contributed by atoms with Gasteiger partial charge in [-0.15, -0.1) is 0 Å². The van der Waals surface area contributed by atoms with E-state index in [-0.39, 0.29) is 40.1 Å². The second-order valence-corrected chi connectivity index (χ2v) is 4.34. The number of benzene rings is 2. The zero-order valence-electron chi connectivity index (χ0n) is 10.2. The Morgan fingerprint density at radius 1 is 1.00 bits per heavy atom. The van der Waals surface area contributed by atoms with Crippen molar-refractivity contribution in [3.05, 3.63) is 53.3 Å². The minimum absolute atomic E-state index is 0.00231. The Hall–Kier alpha value is -2.95. The van der Waals surface area contributed by atoms with Gasteiger partial charge in [-0.25, -0.2) is 0 Å². The second-order valence-electron chi connectivity index (χ2n) is 4.34. The molecule has 5 heteroatoms. The number of phenolic OH excluding ortho intramolecular Hbond substituents is 3. The second kappa shape index (κ2) is 4.31. The van der Waals surface area contributed by atoms with Crippen LogP contribution in [-0.2, 0) is 0 Å². The highest BCUT2D eigenvalue weighted by Crippen LogP contribution is 2.39. The molecule has 0 saturated heterocycles. The first-order valence-corrected chi connectivity index (χ1v) is 5.84. The van der Waals surface area contributed by atoms with E-state index in [4.69, 9.17) is 4.74 Å². The highest BCUT2D eigenvalue weighted by molar-refractivity contribution is 6.15. The number of allylic oxidation sites excluding steroid dienone is 1. The highest BCUT2D eigenvalue weighted by Gasteiger charge is 2.29. The van der Waals surface area contributed by atoms with E-state index >= 15 is 0 Å². The largest absolute Gasteiger partial charge is 0.508 e. The van der Waals surface area contributed by atoms with Gasteiger partial charge in [0, 0.05) is 11.6 Å². The van der Waals surface area contributed by atoms with Gasteiger partial charge in [0.2, 0.25) is 5.78 Å². The van der Waals surface area contributed by atoms with Crippen LogP contribution in [0.4, 0.5) is 0 Å². The normalized spacial score (nSPS) is 15.2. The predicted molar refractivity (Wildman–Crippen MR) is 70.8 cm³/mol. The Bertz CT molecular complexity index is 746. The molecule has 1 aliphatic rings. The van der Waals surface area contributed by atoms with Gasteiger partial charge in [0.1, 0.15) is 11.5 Å². The van der Waals surface area contributed by atoms with Crippen molar-refractivity contribution in [2.45, 2.75) is 0 Å². The molecule has 0 saturated carbocycles. The molecule has 0 aromatic heterocycles. The fourth-order valence-corrected chi connectivity index (χ4v) is 1.99. The molecule has 3 rings (SSSR count). The van der Waals surface area contributed by atoms with Crippen LogP contribution in [0.3, 0.4) is 0 Å². The monoisotopic (exact) mass is 270 g/mol. The summed E-state index contributed by atoms with van der Waals surface area (Å²) in [5, 5.41) is 28.5. The maximum atomic E-state index is 12.1. The topological polar surface area (TPSA) is 87.0 Å². The number of fused-ring (bicyclic) bond motifs is 1. The van der Waals surface area contributed by atoms with Crippen LogP contribution in [0.1, 0.15) is 15.9 Å². The summed E-state index contributed by atoms with van der Waals surface area (Å²) >= 11 is 0. The number of carbonyl (C=O) groups is 1. The number of Topliss-reactive ketones (excluding diaryl/α,β-unsaturated/α-hetero) is 1. The van der Waals surface area contributed by atoms with Crippen molar-refractivity contribution in [2.24, 2.45) is 0 Å². The molecule has 0 spiro atoms. The Morgan fingerprint density at radius 3 is 2.50 bits per heavy atom. The molecule has 2 aromatic rings. The van der Waals surface area contributed by atoms with Gasteiger partial charge < -0.3 is 20.1 Å². The molecule has 0 bridgehead atoms. The lowest BCUT2D eigenvalue weighted by atomic mass is 10.1. The number of ketones is 1. The SMILES string of the molecule is O=C1/C(=C/c2ccc(O)cc2O)Oc2c(O)cccc21. The molecule has 0 atom stereocenters. The Labute approximate surface area is 114 Å². The van der Waals surface area contributed by atoms with E-state index in [9.17, 15) is 20.1 Å². The maximum absolute atomic E-state index is 12.1. The average Bonchev–Trinajstić information content (AvgIpc) is 2.72. The Kier molecular flexibility index (Phi) is 2.61. The molecule has 0 aliphatic carbocycles. The van der Waals surface area contributed by atoms with Crippen molar-refractivity contribution in [3.8, 4) is 23.0 Å². The third kappa shape index (κ3) is 1.85. The molecule has 0 radical (unpaired) electrons. The molecule has 2 aromatic carbocycles. The zero-order valence-corrected chi connectivity index (χ0v) is 10.2. The summed E-state index contributed by atoms with van der Waals surface area (Å²) in [6, 6.07) is 8.53. The van der Waals surface area contributed by atoms with Gasteiger partial charge in [0.25, 0.3) is 0 Å². The van der Waals surface area contributed by atoms with Crippen LogP contribution in [0, 0.1) is 0 Å². The summed E-state index contributed by atoms with van der Waals surface area (Å²) in [7, 11) is 0. The summed E-state index contributed by atoms with van der Waals surface area (Å²) in [5.41, 5.74) is 0.605. The third-order valence-electron chi connectivity index (χ3n) is 2.98. The number of carbonyl (C=O) groups excluding carboxylic acids is 1. The van der Waals surface area contributed by atoms with E-state index in [1.807, 2.05) is 0 Å². The number of phenols is 3. The molecule has 0 fully saturated rings. The van der Waals surface area contributed by atoms with Crippen LogP contribution < -0.4 is 4.74 Å². The van der Waals surface area contributed by atoms with Crippen LogP contribution in [0.15, 0.2) is 42.2 Å². The summed E-state index contributed by atoms with van der Waals surface area (Å²) in [6.07, 6.45) is 1.36. The first-order chi connectivity index (χ1) is 9.56. The molecule has 5 nitrogen and oxygen atoms in total. The fraction of sp³-hybridized carbons (Fsp3) is 0. The van der Waals surface area contributed by atoms with Crippen molar-refractivity contribution in [1.82, 2.24) is 0 Å². The first kappa shape index (κ1) is 12.1. The van der Waals surface area contributed by atoms with Crippen LogP contribution in [0.25, 0.3) is 6.08 Å². The summed E-state index contributed by atoms with van der Waals surface area (Å²) < 4.78 is 5.33. The van der Waals surface area contributed by atoms with Crippen LogP contribution in [-0.4, -0.2) is 21.1 Å². The first-order valence-electron chi connectivity index (χ1n) is 5.84. The highest BCUT2D eigenvalue weighted by atomic mass is 16.5. The average molecular weight is 270 g/mol. The minimum Gasteiger partial charge on any atom is -0.508 e. The number of hydrogen-bond acceptors (Lipinski definition) is 5. The third-order valence-corrected chi connectivity index (χ3v) is 2.98. The van der Waals surface area contributed by atoms with Crippen LogP contribution in [0.5, 0.6) is 23.0 Å².